The lowest BCUT2D eigenvalue weighted by Crippen LogP contribution is -2.53. The quantitative estimate of drug-likeness (QED) is 0.689. The summed E-state index contributed by atoms with van der Waals surface area (Å²) < 4.78 is 29.8. The van der Waals surface area contributed by atoms with Crippen LogP contribution >= 0.6 is 0 Å². The minimum absolute atomic E-state index is 0.0611. The number of nitrogens with two attached hydrogens (primary N) is 1. The molecule has 1 atom stereocenters. The summed E-state index contributed by atoms with van der Waals surface area (Å²) in [5, 5.41) is 9.05. The first-order valence-electron chi connectivity index (χ1n) is 9.22. The highest BCUT2D eigenvalue weighted by Crippen LogP contribution is 2.31. The van der Waals surface area contributed by atoms with E-state index in [1.54, 1.807) is 6.20 Å². The fourth-order valence-corrected chi connectivity index (χ4v) is 3.53. The molecule has 1 unspecified atom stereocenters. The van der Waals surface area contributed by atoms with Crippen LogP contribution in [0.15, 0.2) is 54.7 Å². The smallest absolute Gasteiger partial charge is 0.407 e. The van der Waals surface area contributed by atoms with Crippen LogP contribution in [0.3, 0.4) is 0 Å². The minimum atomic E-state index is -0.983. The molecule has 1 fully saturated rings. The molecule has 8 heteroatoms. The zero-order valence-corrected chi connectivity index (χ0v) is 15.5. The van der Waals surface area contributed by atoms with E-state index in [9.17, 15) is 13.6 Å². The van der Waals surface area contributed by atoms with E-state index >= 15 is 0 Å². The number of aromatic nitrogens is 2. The van der Waals surface area contributed by atoms with E-state index in [1.165, 1.54) is 4.90 Å². The van der Waals surface area contributed by atoms with E-state index in [4.69, 9.17) is 10.8 Å². The zero-order chi connectivity index (χ0) is 20.5. The summed E-state index contributed by atoms with van der Waals surface area (Å²) in [6.45, 7) is 1.10. The Morgan fingerprint density at radius 2 is 1.93 bits per heavy atom. The molecule has 1 aromatic heterocycles. The van der Waals surface area contributed by atoms with Crippen LogP contribution in [0.2, 0.25) is 0 Å². The van der Waals surface area contributed by atoms with Gasteiger partial charge in [0.05, 0.1) is 11.7 Å². The van der Waals surface area contributed by atoms with Crippen LogP contribution in [0.1, 0.15) is 17.4 Å². The fourth-order valence-electron chi connectivity index (χ4n) is 3.53. The van der Waals surface area contributed by atoms with Crippen LogP contribution in [0.25, 0.3) is 11.3 Å². The van der Waals surface area contributed by atoms with Gasteiger partial charge in [0.2, 0.25) is 0 Å². The lowest BCUT2D eigenvalue weighted by atomic mass is 9.92. The van der Waals surface area contributed by atoms with Crippen LogP contribution in [0.4, 0.5) is 13.6 Å². The Balaban J connectivity index is 1.69. The Morgan fingerprint density at radius 1 is 1.21 bits per heavy atom. The van der Waals surface area contributed by atoms with Gasteiger partial charge in [-0.1, -0.05) is 30.3 Å². The number of carboxylic acid groups (broad SMARTS) is 1. The molecule has 150 valence electrons. The van der Waals surface area contributed by atoms with Crippen molar-refractivity contribution >= 4 is 6.09 Å². The van der Waals surface area contributed by atoms with Gasteiger partial charge in [0.15, 0.2) is 0 Å². The van der Waals surface area contributed by atoms with Gasteiger partial charge in [0, 0.05) is 37.3 Å². The zero-order valence-electron chi connectivity index (χ0n) is 15.5. The lowest BCUT2D eigenvalue weighted by molar-refractivity contribution is 0.0692. The van der Waals surface area contributed by atoms with Crippen molar-refractivity contribution in [1.29, 1.82) is 0 Å². The fraction of sp³-hybridized carbons (Fsp3) is 0.238. The number of benzene rings is 2. The maximum absolute atomic E-state index is 14.3. The van der Waals surface area contributed by atoms with Gasteiger partial charge in [-0.15, -0.1) is 0 Å². The SMILES string of the molecule is NC(c1nc(-c2cc(F)ccc2F)cn1Cc1ccccc1)C1CN(C(=O)O)C1. The number of hydrogen-bond acceptors (Lipinski definition) is 3. The Morgan fingerprint density at radius 3 is 2.62 bits per heavy atom. The predicted molar refractivity (Wildman–Crippen MR) is 103 cm³/mol. The van der Waals surface area contributed by atoms with Crippen molar-refractivity contribution in [2.45, 2.75) is 12.6 Å². The van der Waals surface area contributed by atoms with Crippen molar-refractivity contribution < 1.29 is 18.7 Å². The lowest BCUT2D eigenvalue weighted by Gasteiger charge is -2.40. The highest BCUT2D eigenvalue weighted by Gasteiger charge is 2.37. The Labute approximate surface area is 166 Å². The molecule has 29 heavy (non-hydrogen) atoms. The molecule has 0 aliphatic carbocycles. The molecule has 0 saturated carbocycles. The summed E-state index contributed by atoms with van der Waals surface area (Å²) in [4.78, 5) is 16.8. The predicted octanol–water partition coefficient (Wildman–Crippen LogP) is 3.49. The summed E-state index contributed by atoms with van der Waals surface area (Å²) in [5.74, 6) is -0.701. The number of rotatable bonds is 5. The summed E-state index contributed by atoms with van der Waals surface area (Å²) in [7, 11) is 0. The van der Waals surface area contributed by atoms with E-state index in [-0.39, 0.29) is 17.2 Å². The Kier molecular flexibility index (Phi) is 5.02. The first-order valence-corrected chi connectivity index (χ1v) is 9.22. The third-order valence-corrected chi connectivity index (χ3v) is 5.19. The second kappa shape index (κ2) is 7.63. The molecule has 2 heterocycles. The average molecular weight is 398 g/mol. The van der Waals surface area contributed by atoms with Crippen LogP contribution < -0.4 is 5.73 Å². The minimum Gasteiger partial charge on any atom is -0.465 e. The molecular weight excluding hydrogens is 378 g/mol. The first-order chi connectivity index (χ1) is 13.9. The molecule has 3 aromatic rings. The van der Waals surface area contributed by atoms with Gasteiger partial charge >= 0.3 is 6.09 Å². The molecule has 0 bridgehead atoms. The maximum Gasteiger partial charge on any atom is 0.407 e. The molecule has 0 spiro atoms. The van der Waals surface area contributed by atoms with Crippen molar-refractivity contribution in [2.75, 3.05) is 13.1 Å². The van der Waals surface area contributed by atoms with E-state index in [2.05, 4.69) is 4.98 Å². The second-order valence-corrected chi connectivity index (χ2v) is 7.20. The number of nitrogens with zero attached hydrogens (tertiary/aromatic N) is 3. The van der Waals surface area contributed by atoms with E-state index in [0.29, 0.717) is 25.5 Å². The van der Waals surface area contributed by atoms with E-state index < -0.39 is 23.8 Å². The average Bonchev–Trinajstić information content (AvgIpc) is 3.06. The number of imidazole rings is 1. The molecule has 1 aliphatic heterocycles. The topological polar surface area (TPSA) is 84.4 Å². The van der Waals surface area contributed by atoms with Crippen molar-refractivity contribution in [2.24, 2.45) is 11.7 Å². The van der Waals surface area contributed by atoms with Crippen LogP contribution in [-0.4, -0.2) is 38.7 Å². The second-order valence-electron chi connectivity index (χ2n) is 7.20. The molecule has 4 rings (SSSR count). The number of amides is 1. The largest absolute Gasteiger partial charge is 0.465 e. The number of hydrogen-bond donors (Lipinski definition) is 2. The molecule has 6 nitrogen and oxygen atoms in total. The summed E-state index contributed by atoms with van der Waals surface area (Å²) >= 11 is 0. The van der Waals surface area contributed by atoms with Crippen LogP contribution in [0, 0.1) is 17.6 Å². The summed E-state index contributed by atoms with van der Waals surface area (Å²) in [5.41, 5.74) is 7.76. The van der Waals surface area contributed by atoms with Crippen molar-refractivity contribution in [1.82, 2.24) is 14.5 Å². The standard InChI is InChI=1S/C21H20F2N4O2/c22-15-6-7-17(23)16(8-15)18-12-26(9-13-4-2-1-3-5-13)20(25-18)19(24)14-10-27(11-14)21(28)29/h1-8,12,14,19H,9-11,24H2,(H,28,29). The van der Waals surface area contributed by atoms with Crippen LogP contribution in [0.5, 0.6) is 0 Å². The molecule has 1 amide bonds. The van der Waals surface area contributed by atoms with Crippen molar-refractivity contribution in [3.63, 3.8) is 0 Å². The normalized spacial score (nSPS) is 15.2. The van der Waals surface area contributed by atoms with Crippen molar-refractivity contribution in [3.05, 3.63) is 77.8 Å². The number of carbonyl (C=O) groups is 1. The highest BCUT2D eigenvalue weighted by atomic mass is 19.1. The third kappa shape index (κ3) is 3.84. The van der Waals surface area contributed by atoms with E-state index in [1.807, 2.05) is 34.9 Å². The molecule has 1 aliphatic rings. The molecule has 3 N–H and O–H groups in total. The van der Waals surface area contributed by atoms with Gasteiger partial charge < -0.3 is 20.3 Å². The van der Waals surface area contributed by atoms with Gasteiger partial charge in [-0.2, -0.15) is 0 Å². The van der Waals surface area contributed by atoms with Crippen molar-refractivity contribution in [3.8, 4) is 11.3 Å². The molecule has 2 aromatic carbocycles. The van der Waals surface area contributed by atoms with Gasteiger partial charge in [-0.05, 0) is 23.8 Å². The maximum atomic E-state index is 14.3. The van der Waals surface area contributed by atoms with Gasteiger partial charge in [-0.25, -0.2) is 18.6 Å². The number of likely N-dealkylation sites (tertiary alicyclic amines) is 1. The third-order valence-electron chi connectivity index (χ3n) is 5.19. The Bertz CT molecular complexity index is 1030. The Hall–Kier alpha value is -3.26. The number of halogens is 2. The first kappa shape index (κ1) is 19.1. The van der Waals surface area contributed by atoms with Gasteiger partial charge in [-0.3, -0.25) is 0 Å². The van der Waals surface area contributed by atoms with Crippen LogP contribution in [-0.2, 0) is 6.54 Å². The molecule has 1 saturated heterocycles. The van der Waals surface area contributed by atoms with Gasteiger partial charge in [0.1, 0.15) is 17.5 Å². The summed E-state index contributed by atoms with van der Waals surface area (Å²) in [6, 6.07) is 12.3. The monoisotopic (exact) mass is 398 g/mol. The molecular formula is C21H20F2N4O2. The highest BCUT2D eigenvalue weighted by molar-refractivity contribution is 5.66. The molecule has 0 radical (unpaired) electrons. The van der Waals surface area contributed by atoms with Gasteiger partial charge in [0.25, 0.3) is 0 Å². The summed E-state index contributed by atoms with van der Waals surface area (Å²) in [6.07, 6.45) is 0.678. The van der Waals surface area contributed by atoms with E-state index in [0.717, 1.165) is 23.8 Å².